The van der Waals surface area contributed by atoms with E-state index in [1.807, 2.05) is 19.1 Å². The van der Waals surface area contributed by atoms with E-state index in [4.69, 9.17) is 0 Å². The van der Waals surface area contributed by atoms with Gasteiger partial charge in [0.25, 0.3) is 5.56 Å². The van der Waals surface area contributed by atoms with E-state index in [2.05, 4.69) is 24.4 Å². The van der Waals surface area contributed by atoms with Crippen LogP contribution in [0.15, 0.2) is 46.1 Å². The predicted octanol–water partition coefficient (Wildman–Crippen LogP) is 1.88. The second-order valence-electron chi connectivity index (χ2n) is 6.70. The van der Waals surface area contributed by atoms with E-state index in [0.717, 1.165) is 12.0 Å². The highest BCUT2D eigenvalue weighted by Crippen LogP contribution is 2.11. The van der Waals surface area contributed by atoms with Crippen LogP contribution in [-0.4, -0.2) is 19.6 Å². The van der Waals surface area contributed by atoms with E-state index in [9.17, 15) is 14.4 Å². The number of amides is 1. The van der Waals surface area contributed by atoms with Gasteiger partial charge in [-0.3, -0.25) is 18.7 Å². The Kier molecular flexibility index (Phi) is 5.82. The average molecular weight is 382 g/mol. The van der Waals surface area contributed by atoms with Crippen molar-refractivity contribution in [3.63, 3.8) is 0 Å². The smallest absolute Gasteiger partial charge is 0.332 e. The largest absolute Gasteiger partial charge is 0.350 e. The molecule has 2 aromatic heterocycles. The third-order valence-corrected chi connectivity index (χ3v) is 4.99. The summed E-state index contributed by atoms with van der Waals surface area (Å²) < 4.78 is 4.42. The summed E-state index contributed by atoms with van der Waals surface area (Å²) in [5.41, 5.74) is 2.11. The van der Waals surface area contributed by atoms with Crippen LogP contribution >= 0.6 is 0 Å². The first kappa shape index (κ1) is 19.7. The number of hydrogen-bond donors (Lipinski definition) is 1. The van der Waals surface area contributed by atoms with Crippen LogP contribution in [0.4, 0.5) is 0 Å². The van der Waals surface area contributed by atoms with E-state index in [-0.39, 0.29) is 23.7 Å². The fraction of sp³-hybridized carbons (Fsp3) is 0.381. The fourth-order valence-electron chi connectivity index (χ4n) is 3.40. The summed E-state index contributed by atoms with van der Waals surface area (Å²) in [6.45, 7) is 6.94. The Balaban J connectivity index is 1.83. The van der Waals surface area contributed by atoms with Crippen molar-refractivity contribution in [2.24, 2.45) is 0 Å². The van der Waals surface area contributed by atoms with Crippen LogP contribution in [0.5, 0.6) is 0 Å². The molecule has 0 saturated heterocycles. The maximum absolute atomic E-state index is 12.6. The number of carbonyl (C=O) groups excluding carboxylic acids is 1. The number of nitrogens with zero attached hydrogens (tertiary/aromatic N) is 3. The molecule has 148 valence electrons. The van der Waals surface area contributed by atoms with Gasteiger partial charge in [-0.1, -0.05) is 31.2 Å². The Labute approximate surface area is 163 Å². The fourth-order valence-corrected chi connectivity index (χ4v) is 3.40. The summed E-state index contributed by atoms with van der Waals surface area (Å²) in [5, 5.41) is 3.35. The van der Waals surface area contributed by atoms with Gasteiger partial charge in [0.05, 0.1) is 5.39 Å². The maximum Gasteiger partial charge on any atom is 0.332 e. The van der Waals surface area contributed by atoms with Gasteiger partial charge in [-0.25, -0.2) is 4.79 Å². The molecule has 0 spiro atoms. The van der Waals surface area contributed by atoms with Crippen molar-refractivity contribution >= 4 is 16.9 Å². The van der Waals surface area contributed by atoms with Crippen molar-refractivity contribution < 1.29 is 4.79 Å². The zero-order chi connectivity index (χ0) is 20.3. The molecule has 0 bridgehead atoms. The minimum Gasteiger partial charge on any atom is -0.350 e. The lowest BCUT2D eigenvalue weighted by Crippen LogP contribution is -2.40. The molecule has 1 aromatic carbocycles. The van der Waals surface area contributed by atoms with Gasteiger partial charge in [0.15, 0.2) is 0 Å². The predicted molar refractivity (Wildman–Crippen MR) is 109 cm³/mol. The first-order chi connectivity index (χ1) is 13.5. The number of benzene rings is 1. The minimum atomic E-state index is -0.348. The summed E-state index contributed by atoms with van der Waals surface area (Å²) >= 11 is 0. The average Bonchev–Trinajstić information content (AvgIpc) is 3.11. The number of nitrogens with one attached hydrogen (secondary N) is 1. The van der Waals surface area contributed by atoms with Crippen LogP contribution < -0.4 is 16.6 Å². The second kappa shape index (κ2) is 8.29. The lowest BCUT2D eigenvalue weighted by molar-refractivity contribution is -0.121. The highest BCUT2D eigenvalue weighted by Gasteiger charge is 2.16. The Hall–Kier alpha value is -3.09. The lowest BCUT2D eigenvalue weighted by atomic mass is 10.1. The summed E-state index contributed by atoms with van der Waals surface area (Å²) in [5.74, 6) is -0.174. The first-order valence-electron chi connectivity index (χ1n) is 9.67. The monoisotopic (exact) mass is 382 g/mol. The van der Waals surface area contributed by atoms with Gasteiger partial charge in [0.2, 0.25) is 5.91 Å². The third kappa shape index (κ3) is 3.65. The normalized spacial score (nSPS) is 11.1. The molecule has 0 aliphatic rings. The van der Waals surface area contributed by atoms with E-state index in [0.29, 0.717) is 30.7 Å². The number of aryl methyl sites for hydroxylation is 2. The topological polar surface area (TPSA) is 78.0 Å². The van der Waals surface area contributed by atoms with Crippen LogP contribution in [0.1, 0.15) is 31.9 Å². The van der Waals surface area contributed by atoms with Gasteiger partial charge in [-0.15, -0.1) is 0 Å². The van der Waals surface area contributed by atoms with Crippen molar-refractivity contribution in [2.75, 3.05) is 0 Å². The Bertz CT molecular complexity index is 1100. The minimum absolute atomic E-state index is 0.0472. The molecule has 0 aliphatic carbocycles. The van der Waals surface area contributed by atoms with Gasteiger partial charge >= 0.3 is 5.69 Å². The maximum atomic E-state index is 12.6. The van der Waals surface area contributed by atoms with Gasteiger partial charge in [-0.2, -0.15) is 0 Å². The molecule has 0 aliphatic heterocycles. The molecule has 0 unspecified atom stereocenters. The van der Waals surface area contributed by atoms with Crippen LogP contribution in [0.2, 0.25) is 0 Å². The van der Waals surface area contributed by atoms with Crippen LogP contribution in [0.3, 0.4) is 0 Å². The molecule has 1 amide bonds. The highest BCUT2D eigenvalue weighted by molar-refractivity contribution is 5.80. The lowest BCUT2D eigenvalue weighted by Gasteiger charge is -2.13. The molecule has 7 nitrogen and oxygen atoms in total. The van der Waals surface area contributed by atoms with Crippen LogP contribution in [0, 0.1) is 0 Å². The third-order valence-electron chi connectivity index (χ3n) is 4.99. The Morgan fingerprint density at radius 3 is 2.18 bits per heavy atom. The summed E-state index contributed by atoms with van der Waals surface area (Å²) in [6, 6.07) is 9.80. The molecule has 0 fully saturated rings. The standard InChI is InChI=1S/C21H26N4O3/c1-4-15-7-9-16(10-8-15)13-22-18(26)14-23-12-11-17-19(23)24(5-2)21(28)25(6-3)20(17)27/h7-12H,4-6,13-14H2,1-3H3,(H,22,26). The van der Waals surface area contributed by atoms with E-state index >= 15 is 0 Å². The zero-order valence-electron chi connectivity index (χ0n) is 16.6. The Morgan fingerprint density at radius 1 is 0.929 bits per heavy atom. The van der Waals surface area contributed by atoms with Crippen molar-refractivity contribution in [1.29, 1.82) is 0 Å². The summed E-state index contributed by atoms with van der Waals surface area (Å²) in [4.78, 5) is 37.6. The molecule has 7 heteroatoms. The number of carbonyl (C=O) groups is 1. The van der Waals surface area contributed by atoms with Crippen LogP contribution in [0.25, 0.3) is 11.0 Å². The van der Waals surface area contributed by atoms with Gasteiger partial charge in [0.1, 0.15) is 12.2 Å². The molecule has 2 heterocycles. The molecule has 28 heavy (non-hydrogen) atoms. The van der Waals surface area contributed by atoms with E-state index in [1.54, 1.807) is 23.8 Å². The molecule has 0 atom stereocenters. The zero-order valence-corrected chi connectivity index (χ0v) is 16.6. The highest BCUT2D eigenvalue weighted by atomic mass is 16.2. The van der Waals surface area contributed by atoms with E-state index in [1.165, 1.54) is 14.7 Å². The molecule has 3 aromatic rings. The number of rotatable bonds is 7. The molecule has 0 radical (unpaired) electrons. The second-order valence-corrected chi connectivity index (χ2v) is 6.70. The first-order valence-corrected chi connectivity index (χ1v) is 9.67. The van der Waals surface area contributed by atoms with Crippen molar-refractivity contribution in [2.45, 2.75) is 53.4 Å². The molecule has 1 N–H and O–H groups in total. The number of fused-ring (bicyclic) bond motifs is 1. The molecular formula is C21H26N4O3. The van der Waals surface area contributed by atoms with Crippen molar-refractivity contribution in [3.8, 4) is 0 Å². The number of aromatic nitrogens is 3. The molecule has 3 rings (SSSR count). The number of hydrogen-bond acceptors (Lipinski definition) is 3. The van der Waals surface area contributed by atoms with Gasteiger partial charge in [0, 0.05) is 25.8 Å². The van der Waals surface area contributed by atoms with Crippen molar-refractivity contribution in [3.05, 3.63) is 68.5 Å². The summed E-state index contributed by atoms with van der Waals surface area (Å²) in [6.07, 6.45) is 2.67. The Morgan fingerprint density at radius 2 is 1.57 bits per heavy atom. The van der Waals surface area contributed by atoms with Crippen LogP contribution in [-0.2, 0) is 37.4 Å². The molecular weight excluding hydrogens is 356 g/mol. The van der Waals surface area contributed by atoms with Crippen molar-refractivity contribution in [1.82, 2.24) is 19.0 Å². The van der Waals surface area contributed by atoms with Gasteiger partial charge in [-0.05, 0) is 37.5 Å². The van der Waals surface area contributed by atoms with Gasteiger partial charge < -0.3 is 9.88 Å². The van der Waals surface area contributed by atoms with E-state index < -0.39 is 0 Å². The SMILES string of the molecule is CCc1ccc(CNC(=O)Cn2ccc3c(=O)n(CC)c(=O)n(CC)c32)cc1. The summed E-state index contributed by atoms with van der Waals surface area (Å²) in [7, 11) is 0. The molecule has 0 saturated carbocycles. The quantitative estimate of drug-likeness (QED) is 0.678.